The average molecular weight is 270 g/mol. The number of anilines is 1. The molecule has 5 nitrogen and oxygen atoms in total. The van der Waals surface area contributed by atoms with E-state index in [2.05, 4.69) is 12.2 Å². The quantitative estimate of drug-likeness (QED) is 0.424. The van der Waals surface area contributed by atoms with E-state index in [0.29, 0.717) is 18.8 Å². The van der Waals surface area contributed by atoms with Crippen molar-refractivity contribution in [3.8, 4) is 0 Å². The first-order chi connectivity index (χ1) is 9.15. The van der Waals surface area contributed by atoms with E-state index < -0.39 is 10.7 Å². The average Bonchev–Trinajstić information content (AvgIpc) is 2.39. The van der Waals surface area contributed by atoms with Gasteiger partial charge in [-0.3, -0.25) is 10.1 Å². The van der Waals surface area contributed by atoms with Crippen LogP contribution in [0.2, 0.25) is 0 Å². The number of nitro groups is 1. The fraction of sp³-hybridized carbons (Fsp3) is 0.538. The van der Waals surface area contributed by atoms with Gasteiger partial charge >= 0.3 is 0 Å². The lowest BCUT2D eigenvalue weighted by atomic mass is 10.2. The normalized spacial score (nSPS) is 10.4. The van der Waals surface area contributed by atoms with Crippen LogP contribution in [0.5, 0.6) is 0 Å². The van der Waals surface area contributed by atoms with Crippen LogP contribution in [0.15, 0.2) is 18.2 Å². The molecule has 0 unspecified atom stereocenters. The van der Waals surface area contributed by atoms with Crippen molar-refractivity contribution in [3.63, 3.8) is 0 Å². The summed E-state index contributed by atoms with van der Waals surface area (Å²) in [4.78, 5) is 10.2. The van der Waals surface area contributed by atoms with E-state index in [-0.39, 0.29) is 5.69 Å². The van der Waals surface area contributed by atoms with Crippen molar-refractivity contribution in [2.24, 2.45) is 0 Å². The summed E-state index contributed by atoms with van der Waals surface area (Å²) in [6.45, 7) is 4.01. The summed E-state index contributed by atoms with van der Waals surface area (Å²) >= 11 is 0. The fourth-order valence-corrected chi connectivity index (χ4v) is 1.55. The molecule has 1 rings (SSSR count). The Morgan fingerprint density at radius 3 is 2.79 bits per heavy atom. The predicted octanol–water partition coefficient (Wildman–Crippen LogP) is 3.35. The lowest BCUT2D eigenvalue weighted by Gasteiger charge is -2.07. The standard InChI is InChI=1S/C13H19FN2O3/c1-2-3-8-19-9-4-7-15-12-6-5-11(14)10-13(12)16(17)18/h5-6,10,15H,2-4,7-9H2,1H3. The second kappa shape index (κ2) is 8.42. The number of hydrogen-bond donors (Lipinski definition) is 1. The van der Waals surface area contributed by atoms with Gasteiger partial charge < -0.3 is 10.1 Å². The first-order valence-electron chi connectivity index (χ1n) is 6.40. The third kappa shape index (κ3) is 5.65. The molecular weight excluding hydrogens is 251 g/mol. The molecule has 0 aliphatic rings. The summed E-state index contributed by atoms with van der Waals surface area (Å²) in [7, 11) is 0. The highest BCUT2D eigenvalue weighted by Gasteiger charge is 2.14. The first kappa shape index (κ1) is 15.4. The van der Waals surface area contributed by atoms with Gasteiger partial charge in [0, 0.05) is 19.8 Å². The van der Waals surface area contributed by atoms with E-state index >= 15 is 0 Å². The van der Waals surface area contributed by atoms with Crippen molar-refractivity contribution < 1.29 is 14.1 Å². The Kier molecular flexibility index (Phi) is 6.81. The topological polar surface area (TPSA) is 64.4 Å². The smallest absolute Gasteiger partial charge is 0.295 e. The summed E-state index contributed by atoms with van der Waals surface area (Å²) in [6, 6.07) is 3.50. The molecule has 0 bridgehead atoms. The molecule has 0 amide bonds. The Morgan fingerprint density at radius 1 is 1.37 bits per heavy atom. The van der Waals surface area contributed by atoms with Crippen molar-refractivity contribution in [2.45, 2.75) is 26.2 Å². The molecule has 6 heteroatoms. The highest BCUT2D eigenvalue weighted by molar-refractivity contribution is 5.61. The van der Waals surface area contributed by atoms with Gasteiger partial charge in [0.25, 0.3) is 5.69 Å². The Bertz CT molecular complexity index is 413. The fourth-order valence-electron chi connectivity index (χ4n) is 1.55. The second-order valence-electron chi connectivity index (χ2n) is 4.16. The molecule has 1 aromatic carbocycles. The number of ether oxygens (including phenoxy) is 1. The molecule has 1 N–H and O–H groups in total. The van der Waals surface area contributed by atoms with Gasteiger partial charge in [-0.1, -0.05) is 13.3 Å². The van der Waals surface area contributed by atoms with Crippen LogP contribution in [0.25, 0.3) is 0 Å². The highest BCUT2D eigenvalue weighted by Crippen LogP contribution is 2.24. The maximum absolute atomic E-state index is 12.9. The predicted molar refractivity (Wildman–Crippen MR) is 71.9 cm³/mol. The zero-order chi connectivity index (χ0) is 14.1. The van der Waals surface area contributed by atoms with Gasteiger partial charge in [0.1, 0.15) is 11.5 Å². The van der Waals surface area contributed by atoms with Crippen LogP contribution in [0.3, 0.4) is 0 Å². The van der Waals surface area contributed by atoms with Crippen LogP contribution in [0.1, 0.15) is 26.2 Å². The minimum Gasteiger partial charge on any atom is -0.381 e. The van der Waals surface area contributed by atoms with Gasteiger partial charge in [-0.05, 0) is 25.0 Å². The number of nitrogens with one attached hydrogen (secondary N) is 1. The summed E-state index contributed by atoms with van der Waals surface area (Å²) in [6.07, 6.45) is 2.88. The van der Waals surface area contributed by atoms with E-state index in [0.717, 1.165) is 31.9 Å². The zero-order valence-electron chi connectivity index (χ0n) is 11.0. The number of nitro benzene ring substituents is 1. The maximum Gasteiger partial charge on any atom is 0.295 e. The van der Waals surface area contributed by atoms with Crippen molar-refractivity contribution in [1.29, 1.82) is 0 Å². The molecule has 106 valence electrons. The largest absolute Gasteiger partial charge is 0.381 e. The zero-order valence-corrected chi connectivity index (χ0v) is 11.0. The van der Waals surface area contributed by atoms with E-state index in [4.69, 9.17) is 4.74 Å². The minimum absolute atomic E-state index is 0.244. The van der Waals surface area contributed by atoms with Crippen LogP contribution < -0.4 is 5.32 Å². The molecule has 0 saturated carbocycles. The third-order valence-corrected chi connectivity index (χ3v) is 2.58. The van der Waals surface area contributed by atoms with Crippen LogP contribution in [-0.2, 0) is 4.74 Å². The molecule has 1 aromatic rings. The lowest BCUT2D eigenvalue weighted by molar-refractivity contribution is -0.384. The number of halogens is 1. The molecule has 0 heterocycles. The van der Waals surface area contributed by atoms with Crippen molar-refractivity contribution >= 4 is 11.4 Å². The van der Waals surface area contributed by atoms with Crippen molar-refractivity contribution in [3.05, 3.63) is 34.1 Å². The molecule has 0 aliphatic heterocycles. The Hall–Kier alpha value is -1.69. The van der Waals surface area contributed by atoms with Gasteiger partial charge in [0.05, 0.1) is 11.0 Å². The molecule has 19 heavy (non-hydrogen) atoms. The van der Waals surface area contributed by atoms with Gasteiger partial charge in [-0.25, -0.2) is 4.39 Å². The molecule has 0 aromatic heterocycles. The van der Waals surface area contributed by atoms with E-state index in [9.17, 15) is 14.5 Å². The molecule has 0 aliphatic carbocycles. The Morgan fingerprint density at radius 2 is 2.11 bits per heavy atom. The van der Waals surface area contributed by atoms with Crippen LogP contribution in [-0.4, -0.2) is 24.7 Å². The van der Waals surface area contributed by atoms with Crippen LogP contribution in [0.4, 0.5) is 15.8 Å². The molecule has 0 atom stereocenters. The molecule has 0 fully saturated rings. The summed E-state index contributed by atoms with van der Waals surface area (Å²) in [5.74, 6) is -0.611. The van der Waals surface area contributed by atoms with Gasteiger partial charge in [-0.2, -0.15) is 0 Å². The van der Waals surface area contributed by atoms with E-state index in [1.54, 1.807) is 0 Å². The Labute approximate surface area is 111 Å². The molecule has 0 spiro atoms. The number of rotatable bonds is 9. The van der Waals surface area contributed by atoms with E-state index in [1.165, 1.54) is 12.1 Å². The number of hydrogen-bond acceptors (Lipinski definition) is 4. The van der Waals surface area contributed by atoms with E-state index in [1.807, 2.05) is 0 Å². The monoisotopic (exact) mass is 270 g/mol. The molecule has 0 radical (unpaired) electrons. The van der Waals surface area contributed by atoms with Gasteiger partial charge in [-0.15, -0.1) is 0 Å². The molecular formula is C13H19FN2O3. The minimum atomic E-state index is -0.611. The number of benzene rings is 1. The number of unbranched alkanes of at least 4 members (excludes halogenated alkanes) is 1. The van der Waals surface area contributed by atoms with Gasteiger partial charge in [0.2, 0.25) is 0 Å². The van der Waals surface area contributed by atoms with Gasteiger partial charge in [0.15, 0.2) is 0 Å². The Balaban J connectivity index is 2.35. The second-order valence-corrected chi connectivity index (χ2v) is 4.16. The SMILES string of the molecule is CCCCOCCCNc1ccc(F)cc1[N+](=O)[O-]. The lowest BCUT2D eigenvalue weighted by Crippen LogP contribution is -2.08. The van der Waals surface area contributed by atoms with Crippen LogP contribution in [0, 0.1) is 15.9 Å². The van der Waals surface area contributed by atoms with Crippen LogP contribution >= 0.6 is 0 Å². The highest BCUT2D eigenvalue weighted by atomic mass is 19.1. The summed E-state index contributed by atoms with van der Waals surface area (Å²) < 4.78 is 18.3. The van der Waals surface area contributed by atoms with Crippen molar-refractivity contribution in [2.75, 3.05) is 25.1 Å². The number of nitrogens with zero attached hydrogens (tertiary/aromatic N) is 1. The third-order valence-electron chi connectivity index (χ3n) is 2.58. The first-order valence-corrected chi connectivity index (χ1v) is 6.40. The molecule has 0 saturated heterocycles. The maximum atomic E-state index is 12.9. The summed E-state index contributed by atoms with van der Waals surface area (Å²) in [5.41, 5.74) is 0.0897. The summed E-state index contributed by atoms with van der Waals surface area (Å²) in [5, 5.41) is 13.7. The van der Waals surface area contributed by atoms with Crippen molar-refractivity contribution in [1.82, 2.24) is 0 Å².